The zero-order chi connectivity index (χ0) is 12.8. The molecular formula is C13H19BrN4. The highest BCUT2D eigenvalue weighted by atomic mass is 79.9. The average Bonchev–Trinajstić information content (AvgIpc) is 2.87. The van der Waals surface area contributed by atoms with Crippen LogP contribution in [0.2, 0.25) is 0 Å². The lowest BCUT2D eigenvalue weighted by atomic mass is 10.2. The van der Waals surface area contributed by atoms with Crippen LogP contribution < -0.4 is 16.6 Å². The molecule has 1 aliphatic rings. The quantitative estimate of drug-likeness (QED) is 0.347. The van der Waals surface area contributed by atoms with E-state index in [1.54, 1.807) is 0 Å². The molecule has 18 heavy (non-hydrogen) atoms. The number of nitrogens with zero attached hydrogens (tertiary/aromatic N) is 1. The van der Waals surface area contributed by atoms with E-state index in [1.807, 2.05) is 12.1 Å². The third-order valence-corrected chi connectivity index (χ3v) is 3.63. The van der Waals surface area contributed by atoms with Gasteiger partial charge in [-0.25, -0.2) is 10.8 Å². The molecule has 4 N–H and O–H groups in total. The lowest BCUT2D eigenvalue weighted by Crippen LogP contribution is -2.45. The Labute approximate surface area is 116 Å². The van der Waals surface area contributed by atoms with Gasteiger partial charge in [-0.1, -0.05) is 40.9 Å². The standard InChI is InChI=1S/C13H19BrN4/c14-11-5-3-4-10(8-11)9-16-13(18-15)17-12-6-1-2-7-12/h3-5,8,12H,1-2,6-7,9,15H2,(H2,16,17,18). The highest BCUT2D eigenvalue weighted by Gasteiger charge is 2.15. The summed E-state index contributed by atoms with van der Waals surface area (Å²) in [6.07, 6.45) is 5.00. The Kier molecular flexibility index (Phi) is 5.01. The van der Waals surface area contributed by atoms with Crippen molar-refractivity contribution in [2.75, 3.05) is 0 Å². The number of hydrazine groups is 1. The van der Waals surface area contributed by atoms with Gasteiger partial charge in [0, 0.05) is 10.5 Å². The number of nitrogens with two attached hydrogens (primary N) is 1. The Morgan fingerprint density at radius 3 is 2.83 bits per heavy atom. The van der Waals surface area contributed by atoms with Gasteiger partial charge >= 0.3 is 0 Å². The first-order valence-corrected chi connectivity index (χ1v) is 7.09. The first-order chi connectivity index (χ1) is 8.78. The van der Waals surface area contributed by atoms with E-state index in [0.29, 0.717) is 18.5 Å². The maximum atomic E-state index is 5.49. The highest BCUT2D eigenvalue weighted by molar-refractivity contribution is 9.10. The van der Waals surface area contributed by atoms with Gasteiger partial charge in [-0.3, -0.25) is 5.43 Å². The highest BCUT2D eigenvalue weighted by Crippen LogP contribution is 2.17. The molecule has 4 nitrogen and oxygen atoms in total. The molecule has 0 aromatic heterocycles. The molecule has 0 bridgehead atoms. The summed E-state index contributed by atoms with van der Waals surface area (Å²) in [6, 6.07) is 8.65. The molecule has 0 atom stereocenters. The van der Waals surface area contributed by atoms with Crippen molar-refractivity contribution in [1.82, 2.24) is 10.7 Å². The van der Waals surface area contributed by atoms with Gasteiger partial charge in [-0.15, -0.1) is 0 Å². The van der Waals surface area contributed by atoms with Crippen LogP contribution in [0.4, 0.5) is 0 Å². The molecule has 5 heteroatoms. The number of aliphatic imine (C=N–C) groups is 1. The van der Waals surface area contributed by atoms with E-state index in [1.165, 1.54) is 25.7 Å². The predicted octanol–water partition coefficient (Wildman–Crippen LogP) is 2.30. The second kappa shape index (κ2) is 6.75. The second-order valence-electron chi connectivity index (χ2n) is 4.56. The molecule has 1 aromatic carbocycles. The number of benzene rings is 1. The monoisotopic (exact) mass is 310 g/mol. The van der Waals surface area contributed by atoms with Gasteiger partial charge < -0.3 is 5.32 Å². The summed E-state index contributed by atoms with van der Waals surface area (Å²) in [6.45, 7) is 0.624. The topological polar surface area (TPSA) is 62.4 Å². The minimum absolute atomic E-state index is 0.516. The maximum absolute atomic E-state index is 5.49. The van der Waals surface area contributed by atoms with Crippen molar-refractivity contribution in [3.05, 3.63) is 34.3 Å². The summed E-state index contributed by atoms with van der Waals surface area (Å²) in [5.74, 6) is 6.17. The molecule has 1 aromatic rings. The first kappa shape index (κ1) is 13.4. The van der Waals surface area contributed by atoms with Crippen LogP contribution in [0, 0.1) is 0 Å². The summed E-state index contributed by atoms with van der Waals surface area (Å²) in [5, 5.41) is 3.35. The maximum Gasteiger partial charge on any atom is 0.206 e. The Morgan fingerprint density at radius 1 is 1.39 bits per heavy atom. The molecule has 1 saturated carbocycles. The zero-order valence-electron chi connectivity index (χ0n) is 10.3. The van der Waals surface area contributed by atoms with Gasteiger partial charge in [0.1, 0.15) is 0 Å². The fourth-order valence-corrected chi connectivity index (χ4v) is 2.65. The van der Waals surface area contributed by atoms with Crippen molar-refractivity contribution in [2.24, 2.45) is 10.8 Å². The summed E-state index contributed by atoms with van der Waals surface area (Å²) in [4.78, 5) is 4.47. The van der Waals surface area contributed by atoms with E-state index >= 15 is 0 Å². The van der Waals surface area contributed by atoms with Crippen LogP contribution in [0.15, 0.2) is 33.7 Å². The van der Waals surface area contributed by atoms with Crippen molar-refractivity contribution in [3.63, 3.8) is 0 Å². The predicted molar refractivity (Wildman–Crippen MR) is 78.0 cm³/mol. The number of hydrogen-bond donors (Lipinski definition) is 3. The largest absolute Gasteiger partial charge is 0.353 e. The Morgan fingerprint density at radius 2 is 2.17 bits per heavy atom. The minimum atomic E-state index is 0.516. The molecule has 0 amide bonds. The van der Waals surface area contributed by atoms with Crippen molar-refractivity contribution in [2.45, 2.75) is 38.3 Å². The molecule has 98 valence electrons. The SMILES string of the molecule is NNC(=NCc1cccc(Br)c1)NC1CCCC1. The number of rotatable bonds is 3. The van der Waals surface area contributed by atoms with Gasteiger partial charge in [0.2, 0.25) is 5.96 Å². The van der Waals surface area contributed by atoms with E-state index in [2.05, 4.69) is 43.8 Å². The van der Waals surface area contributed by atoms with Crippen LogP contribution in [0.1, 0.15) is 31.2 Å². The van der Waals surface area contributed by atoms with E-state index in [-0.39, 0.29) is 0 Å². The molecule has 2 rings (SSSR count). The number of guanidine groups is 1. The molecule has 1 fully saturated rings. The van der Waals surface area contributed by atoms with Gasteiger partial charge in [0.15, 0.2) is 0 Å². The van der Waals surface area contributed by atoms with Gasteiger partial charge in [0.05, 0.1) is 6.54 Å². The number of hydrogen-bond acceptors (Lipinski definition) is 2. The van der Waals surface area contributed by atoms with Gasteiger partial charge in [0.25, 0.3) is 0 Å². The molecule has 0 unspecified atom stereocenters. The summed E-state index contributed by atoms with van der Waals surface area (Å²) >= 11 is 3.45. The molecule has 0 heterocycles. The Balaban J connectivity index is 1.92. The van der Waals surface area contributed by atoms with Crippen LogP contribution >= 0.6 is 15.9 Å². The van der Waals surface area contributed by atoms with Crippen molar-refractivity contribution < 1.29 is 0 Å². The van der Waals surface area contributed by atoms with Crippen LogP contribution in [-0.2, 0) is 6.54 Å². The zero-order valence-corrected chi connectivity index (χ0v) is 11.9. The van der Waals surface area contributed by atoms with Crippen molar-refractivity contribution in [1.29, 1.82) is 0 Å². The van der Waals surface area contributed by atoms with Crippen LogP contribution in [0.25, 0.3) is 0 Å². The van der Waals surface area contributed by atoms with Gasteiger partial charge in [-0.05, 0) is 30.5 Å². The van der Waals surface area contributed by atoms with Crippen LogP contribution in [-0.4, -0.2) is 12.0 Å². The van der Waals surface area contributed by atoms with E-state index < -0.39 is 0 Å². The number of halogens is 1. The molecule has 0 saturated heterocycles. The van der Waals surface area contributed by atoms with Crippen LogP contribution in [0.3, 0.4) is 0 Å². The van der Waals surface area contributed by atoms with Crippen molar-refractivity contribution in [3.8, 4) is 0 Å². The second-order valence-corrected chi connectivity index (χ2v) is 5.48. The molecule has 0 radical (unpaired) electrons. The average molecular weight is 311 g/mol. The van der Waals surface area contributed by atoms with E-state index in [4.69, 9.17) is 5.84 Å². The summed E-state index contributed by atoms with van der Waals surface area (Å²) < 4.78 is 1.07. The minimum Gasteiger partial charge on any atom is -0.353 e. The van der Waals surface area contributed by atoms with Crippen molar-refractivity contribution >= 4 is 21.9 Å². The third kappa shape index (κ3) is 3.99. The Bertz CT molecular complexity index is 413. The first-order valence-electron chi connectivity index (χ1n) is 6.30. The van der Waals surface area contributed by atoms with E-state index in [0.717, 1.165) is 10.0 Å². The molecule has 0 aliphatic heterocycles. The van der Waals surface area contributed by atoms with Crippen LogP contribution in [0.5, 0.6) is 0 Å². The molecular weight excluding hydrogens is 292 g/mol. The summed E-state index contributed by atoms with van der Waals surface area (Å²) in [5.41, 5.74) is 3.80. The normalized spacial score (nSPS) is 16.9. The fraction of sp³-hybridized carbons (Fsp3) is 0.462. The smallest absolute Gasteiger partial charge is 0.206 e. The number of nitrogens with one attached hydrogen (secondary N) is 2. The lowest BCUT2D eigenvalue weighted by molar-refractivity contribution is 0.614. The fourth-order valence-electron chi connectivity index (χ4n) is 2.20. The lowest BCUT2D eigenvalue weighted by Gasteiger charge is -2.14. The Hall–Kier alpha value is -1.07. The summed E-state index contributed by atoms with van der Waals surface area (Å²) in [7, 11) is 0. The van der Waals surface area contributed by atoms with Gasteiger partial charge in [-0.2, -0.15) is 0 Å². The van der Waals surface area contributed by atoms with E-state index in [9.17, 15) is 0 Å². The molecule has 1 aliphatic carbocycles. The molecule has 0 spiro atoms. The third-order valence-electron chi connectivity index (χ3n) is 3.14.